The van der Waals surface area contributed by atoms with Crippen LogP contribution in [0.2, 0.25) is 0 Å². The number of aliphatic hydroxyl groups excluding tert-OH is 1. The van der Waals surface area contributed by atoms with Crippen LogP contribution in [0.4, 0.5) is 18.9 Å². The van der Waals surface area contributed by atoms with Gasteiger partial charge in [-0.1, -0.05) is 13.8 Å². The Balaban J connectivity index is 1.81. The van der Waals surface area contributed by atoms with Gasteiger partial charge in [0.2, 0.25) is 0 Å². The van der Waals surface area contributed by atoms with Crippen LogP contribution in [0.15, 0.2) is 12.3 Å². The number of primary amides is 1. The number of nitrogens with one attached hydrogen (secondary N) is 1. The number of ketones is 1. The summed E-state index contributed by atoms with van der Waals surface area (Å²) in [6.07, 6.45) is -1.23. The molecule has 0 spiro atoms. The van der Waals surface area contributed by atoms with Crippen LogP contribution < -0.4 is 11.1 Å². The van der Waals surface area contributed by atoms with Gasteiger partial charge in [-0.25, -0.2) is 9.67 Å². The summed E-state index contributed by atoms with van der Waals surface area (Å²) in [6, 6.07) is 1.43. The maximum Gasteiger partial charge on any atom is 0.435 e. The molecule has 0 bridgehead atoms. The summed E-state index contributed by atoms with van der Waals surface area (Å²) in [6.45, 7) is 3.63. The zero-order valence-electron chi connectivity index (χ0n) is 18.4. The lowest BCUT2D eigenvalue weighted by molar-refractivity contribution is -0.141. The van der Waals surface area contributed by atoms with E-state index < -0.39 is 34.5 Å². The number of amides is 1. The lowest BCUT2D eigenvalue weighted by atomic mass is 9.75. The molecule has 1 saturated carbocycles. The molecular formula is C22H26F3N5O3. The summed E-state index contributed by atoms with van der Waals surface area (Å²) in [5.74, 6) is -1.38. The van der Waals surface area contributed by atoms with E-state index in [9.17, 15) is 27.9 Å². The molecule has 0 aliphatic heterocycles. The molecule has 0 aromatic carbocycles. The van der Waals surface area contributed by atoms with E-state index in [1.165, 1.54) is 12.3 Å². The molecule has 2 aliphatic carbocycles. The number of carbonyl (C=O) groups is 2. The van der Waals surface area contributed by atoms with E-state index in [0.717, 1.165) is 4.68 Å². The number of Topliss-reactive ketones (excluding diaryl/α,β-unsaturated/α-hetero) is 1. The number of pyridine rings is 1. The largest absolute Gasteiger partial charge is 0.435 e. The molecule has 178 valence electrons. The van der Waals surface area contributed by atoms with Crippen LogP contribution in [0.25, 0.3) is 5.69 Å². The van der Waals surface area contributed by atoms with Crippen LogP contribution in [0.5, 0.6) is 0 Å². The predicted molar refractivity (Wildman–Crippen MR) is 113 cm³/mol. The highest BCUT2D eigenvalue weighted by Crippen LogP contribution is 2.42. The quantitative estimate of drug-likeness (QED) is 0.637. The summed E-state index contributed by atoms with van der Waals surface area (Å²) in [5.41, 5.74) is 3.90. The minimum Gasteiger partial charge on any atom is -0.393 e. The van der Waals surface area contributed by atoms with Crippen molar-refractivity contribution < 1.29 is 27.9 Å². The van der Waals surface area contributed by atoms with Crippen LogP contribution >= 0.6 is 0 Å². The van der Waals surface area contributed by atoms with E-state index in [1.54, 1.807) is 0 Å². The number of alkyl halides is 3. The third-order valence-electron chi connectivity index (χ3n) is 6.22. The average Bonchev–Trinajstić information content (AvgIpc) is 3.08. The Hall–Kier alpha value is -2.95. The Morgan fingerprint density at radius 1 is 1.24 bits per heavy atom. The summed E-state index contributed by atoms with van der Waals surface area (Å²) in [4.78, 5) is 28.7. The van der Waals surface area contributed by atoms with Crippen LogP contribution in [-0.4, -0.2) is 43.7 Å². The van der Waals surface area contributed by atoms with Crippen LogP contribution in [-0.2, 0) is 12.6 Å². The second-order valence-corrected chi connectivity index (χ2v) is 9.62. The maximum absolute atomic E-state index is 13.7. The molecule has 4 rings (SSSR count). The molecular weight excluding hydrogens is 439 g/mol. The first kappa shape index (κ1) is 23.2. The van der Waals surface area contributed by atoms with Gasteiger partial charge in [-0.15, -0.1) is 0 Å². The van der Waals surface area contributed by atoms with Crippen LogP contribution in [0, 0.1) is 5.41 Å². The van der Waals surface area contributed by atoms with Crippen molar-refractivity contribution >= 4 is 17.4 Å². The molecule has 33 heavy (non-hydrogen) atoms. The molecule has 4 N–H and O–H groups in total. The molecule has 2 aromatic heterocycles. The third kappa shape index (κ3) is 4.59. The van der Waals surface area contributed by atoms with Crippen molar-refractivity contribution in [1.82, 2.24) is 14.8 Å². The molecule has 2 aromatic rings. The molecule has 0 saturated heterocycles. The van der Waals surface area contributed by atoms with Gasteiger partial charge in [-0.2, -0.15) is 18.3 Å². The molecule has 0 radical (unpaired) electrons. The highest BCUT2D eigenvalue weighted by Gasteiger charge is 2.45. The Morgan fingerprint density at radius 2 is 1.91 bits per heavy atom. The molecule has 0 atom stereocenters. The fourth-order valence-corrected chi connectivity index (χ4v) is 4.68. The average molecular weight is 465 g/mol. The van der Waals surface area contributed by atoms with Crippen LogP contribution in [0.1, 0.15) is 78.2 Å². The predicted octanol–water partition coefficient (Wildman–Crippen LogP) is 3.26. The zero-order valence-corrected chi connectivity index (χ0v) is 18.4. The molecule has 8 nitrogen and oxygen atoms in total. The van der Waals surface area contributed by atoms with Gasteiger partial charge in [0.05, 0.1) is 34.9 Å². The SMILES string of the molecule is CC1(C)CC(=O)c2c(C(F)(F)F)nn(-c3cnc(C(N)=O)c(N[C@H]4CC[C@H](O)CC4)c3)c2C1. The van der Waals surface area contributed by atoms with E-state index in [2.05, 4.69) is 15.4 Å². The number of anilines is 1. The first-order valence-corrected chi connectivity index (χ1v) is 10.8. The smallest absolute Gasteiger partial charge is 0.393 e. The number of hydrogen-bond acceptors (Lipinski definition) is 6. The number of halogens is 3. The monoisotopic (exact) mass is 465 g/mol. The number of nitrogens with two attached hydrogens (primary N) is 1. The van der Waals surface area contributed by atoms with E-state index >= 15 is 0 Å². The Bertz CT molecular complexity index is 1100. The first-order chi connectivity index (χ1) is 15.4. The molecule has 1 fully saturated rings. The van der Waals surface area contributed by atoms with E-state index in [0.29, 0.717) is 25.7 Å². The number of carbonyl (C=O) groups excluding carboxylic acids is 2. The van der Waals surface area contributed by atoms with Gasteiger partial charge in [0.1, 0.15) is 0 Å². The summed E-state index contributed by atoms with van der Waals surface area (Å²) < 4.78 is 42.3. The summed E-state index contributed by atoms with van der Waals surface area (Å²) in [5, 5.41) is 16.7. The second kappa shape index (κ2) is 8.12. The molecule has 2 heterocycles. The van der Waals surface area contributed by atoms with Crippen molar-refractivity contribution in [2.75, 3.05) is 5.32 Å². The number of hydrogen-bond donors (Lipinski definition) is 3. The number of rotatable bonds is 4. The fraction of sp³-hybridized carbons (Fsp3) is 0.545. The number of fused-ring (bicyclic) bond motifs is 1. The molecule has 0 unspecified atom stereocenters. The minimum absolute atomic E-state index is 0.00598. The zero-order chi connectivity index (χ0) is 24.1. The van der Waals surface area contributed by atoms with Crippen molar-refractivity contribution in [3.05, 3.63) is 34.9 Å². The standard InChI is InChI=1S/C22H26F3N5O3/c1-21(2)8-15-17(16(32)9-21)19(22(23,24)25)29-30(15)12-7-14(18(20(26)33)27-10-12)28-11-3-5-13(31)6-4-11/h7,10-11,13,28,31H,3-6,8-9H2,1-2H3,(H2,26,33)/t11-,13-. The highest BCUT2D eigenvalue weighted by atomic mass is 19.4. The van der Waals surface area contributed by atoms with Gasteiger partial charge in [-0.3, -0.25) is 9.59 Å². The van der Waals surface area contributed by atoms with Gasteiger partial charge in [0.25, 0.3) is 5.91 Å². The van der Waals surface area contributed by atoms with Crippen molar-refractivity contribution in [1.29, 1.82) is 0 Å². The van der Waals surface area contributed by atoms with Gasteiger partial charge < -0.3 is 16.2 Å². The second-order valence-electron chi connectivity index (χ2n) is 9.62. The Kier molecular flexibility index (Phi) is 5.71. The maximum atomic E-state index is 13.7. The lowest BCUT2D eigenvalue weighted by Gasteiger charge is -2.29. The van der Waals surface area contributed by atoms with E-state index in [1.807, 2.05) is 13.8 Å². The Labute approximate surface area is 188 Å². The minimum atomic E-state index is -4.79. The number of aromatic nitrogens is 3. The summed E-state index contributed by atoms with van der Waals surface area (Å²) in [7, 11) is 0. The lowest BCUT2D eigenvalue weighted by Crippen LogP contribution is -2.30. The van der Waals surface area contributed by atoms with Gasteiger partial charge in [0.15, 0.2) is 17.2 Å². The fourth-order valence-electron chi connectivity index (χ4n) is 4.68. The van der Waals surface area contributed by atoms with E-state index in [-0.39, 0.29) is 47.8 Å². The van der Waals surface area contributed by atoms with Crippen molar-refractivity contribution in [2.45, 2.75) is 70.7 Å². The molecule has 1 amide bonds. The van der Waals surface area contributed by atoms with Gasteiger partial charge in [-0.05, 0) is 43.6 Å². The molecule has 11 heteroatoms. The summed E-state index contributed by atoms with van der Waals surface area (Å²) >= 11 is 0. The number of nitrogens with zero attached hydrogens (tertiary/aromatic N) is 3. The highest BCUT2D eigenvalue weighted by molar-refractivity contribution is 6.00. The van der Waals surface area contributed by atoms with E-state index in [4.69, 9.17) is 5.73 Å². The Morgan fingerprint density at radius 3 is 2.52 bits per heavy atom. The van der Waals surface area contributed by atoms with Crippen molar-refractivity contribution in [3.63, 3.8) is 0 Å². The molecule has 2 aliphatic rings. The van der Waals surface area contributed by atoms with Gasteiger partial charge >= 0.3 is 6.18 Å². The normalized spacial score (nSPS) is 22.7. The first-order valence-electron chi connectivity index (χ1n) is 10.8. The van der Waals surface area contributed by atoms with Crippen molar-refractivity contribution in [2.24, 2.45) is 11.1 Å². The van der Waals surface area contributed by atoms with Gasteiger partial charge in [0, 0.05) is 12.5 Å². The number of aliphatic hydroxyl groups is 1. The van der Waals surface area contributed by atoms with Crippen molar-refractivity contribution in [3.8, 4) is 5.69 Å². The topological polar surface area (TPSA) is 123 Å². The van der Waals surface area contributed by atoms with Crippen LogP contribution in [0.3, 0.4) is 0 Å². The third-order valence-corrected chi connectivity index (χ3v) is 6.22.